The molecule has 128 valence electrons. The van der Waals surface area contributed by atoms with E-state index in [-0.39, 0.29) is 17.6 Å². The predicted octanol–water partition coefficient (Wildman–Crippen LogP) is 3.03. The van der Waals surface area contributed by atoms with Crippen molar-refractivity contribution in [3.05, 3.63) is 47.5 Å². The first-order valence-electron chi connectivity index (χ1n) is 8.26. The van der Waals surface area contributed by atoms with Gasteiger partial charge in [0.1, 0.15) is 11.6 Å². The van der Waals surface area contributed by atoms with E-state index in [1.54, 1.807) is 6.92 Å². The van der Waals surface area contributed by atoms with Gasteiger partial charge in [0.05, 0.1) is 5.69 Å². The van der Waals surface area contributed by atoms with Gasteiger partial charge in [0.25, 0.3) is 5.91 Å². The number of H-pyrrole nitrogens is 1. The highest BCUT2D eigenvalue weighted by Gasteiger charge is 2.29. The third-order valence-electron chi connectivity index (χ3n) is 4.35. The molecule has 0 unspecified atom stereocenters. The van der Waals surface area contributed by atoms with Crippen molar-refractivity contribution in [1.29, 1.82) is 0 Å². The number of likely N-dealkylation sites (tertiary alicyclic amines) is 1. The molecular formula is C18H22FN3O2. The van der Waals surface area contributed by atoms with Crippen molar-refractivity contribution in [3.8, 4) is 5.75 Å². The number of rotatable bonds is 4. The number of carbonyl (C=O) groups excluding carboxylic acids is 1. The van der Waals surface area contributed by atoms with Gasteiger partial charge in [-0.3, -0.25) is 9.89 Å². The summed E-state index contributed by atoms with van der Waals surface area (Å²) in [5.74, 6) is 0.380. The Bertz CT molecular complexity index is 699. The number of amides is 1. The molecule has 2 aromatic rings. The molecule has 1 aliphatic heterocycles. The summed E-state index contributed by atoms with van der Waals surface area (Å²) in [7, 11) is 0. The molecule has 1 fully saturated rings. The van der Waals surface area contributed by atoms with Gasteiger partial charge in [-0.15, -0.1) is 0 Å². The van der Waals surface area contributed by atoms with E-state index in [1.165, 1.54) is 24.3 Å². The van der Waals surface area contributed by atoms with Gasteiger partial charge in [-0.2, -0.15) is 5.10 Å². The topological polar surface area (TPSA) is 58.2 Å². The van der Waals surface area contributed by atoms with E-state index in [1.807, 2.05) is 17.9 Å². The number of carbonyl (C=O) groups is 1. The number of halogens is 1. The summed E-state index contributed by atoms with van der Waals surface area (Å²) in [6.07, 6.45) is 1.38. The molecule has 1 aromatic carbocycles. The van der Waals surface area contributed by atoms with Gasteiger partial charge in [-0.25, -0.2) is 4.39 Å². The van der Waals surface area contributed by atoms with Crippen molar-refractivity contribution in [3.63, 3.8) is 0 Å². The van der Waals surface area contributed by atoms with E-state index in [9.17, 15) is 9.18 Å². The Morgan fingerprint density at radius 3 is 2.83 bits per heavy atom. The van der Waals surface area contributed by atoms with Crippen molar-refractivity contribution in [2.75, 3.05) is 13.1 Å². The lowest BCUT2D eigenvalue weighted by Crippen LogP contribution is -2.45. The number of nitrogens with one attached hydrogen (secondary N) is 1. The first-order valence-corrected chi connectivity index (χ1v) is 8.26. The zero-order chi connectivity index (χ0) is 17.1. The highest BCUT2D eigenvalue weighted by atomic mass is 19.1. The van der Waals surface area contributed by atoms with E-state index in [0.29, 0.717) is 12.3 Å². The minimum Gasteiger partial charge on any atom is -0.481 e. The van der Waals surface area contributed by atoms with Crippen LogP contribution in [0.1, 0.15) is 37.1 Å². The van der Waals surface area contributed by atoms with Crippen LogP contribution in [0.15, 0.2) is 30.3 Å². The molecule has 0 bridgehead atoms. The summed E-state index contributed by atoms with van der Waals surface area (Å²) < 4.78 is 18.6. The van der Waals surface area contributed by atoms with E-state index in [2.05, 4.69) is 10.2 Å². The summed E-state index contributed by atoms with van der Waals surface area (Å²) in [6, 6.07) is 7.75. The van der Waals surface area contributed by atoms with Crippen LogP contribution < -0.4 is 4.74 Å². The highest BCUT2D eigenvalue weighted by Crippen LogP contribution is 2.26. The van der Waals surface area contributed by atoms with Gasteiger partial charge in [-0.1, -0.05) is 0 Å². The number of benzene rings is 1. The summed E-state index contributed by atoms with van der Waals surface area (Å²) in [4.78, 5) is 14.5. The van der Waals surface area contributed by atoms with Crippen molar-refractivity contribution in [2.24, 2.45) is 0 Å². The number of aromatic amines is 1. The highest BCUT2D eigenvalue weighted by molar-refractivity contribution is 5.81. The summed E-state index contributed by atoms with van der Waals surface area (Å²) in [5.41, 5.74) is 2.04. The molecule has 2 atom stereocenters. The van der Waals surface area contributed by atoms with Crippen LogP contribution in [-0.4, -0.2) is 40.2 Å². The average Bonchev–Trinajstić information content (AvgIpc) is 3.03. The summed E-state index contributed by atoms with van der Waals surface area (Å²) >= 11 is 0. The van der Waals surface area contributed by atoms with Crippen molar-refractivity contribution in [2.45, 2.75) is 38.7 Å². The maximum atomic E-state index is 12.9. The lowest BCUT2D eigenvalue weighted by Gasteiger charge is -2.33. The lowest BCUT2D eigenvalue weighted by molar-refractivity contribution is -0.139. The molecule has 1 N–H and O–H groups in total. The Kier molecular flexibility index (Phi) is 4.83. The Hall–Kier alpha value is -2.37. The molecule has 0 radical (unpaired) electrons. The molecule has 1 aliphatic rings. The quantitative estimate of drug-likeness (QED) is 0.937. The molecule has 6 heteroatoms. The first kappa shape index (κ1) is 16.5. The summed E-state index contributed by atoms with van der Waals surface area (Å²) in [6.45, 7) is 5.09. The molecule has 3 rings (SSSR count). The van der Waals surface area contributed by atoms with Gasteiger partial charge in [0, 0.05) is 24.7 Å². The second-order valence-electron chi connectivity index (χ2n) is 6.31. The molecule has 0 saturated carbocycles. The van der Waals surface area contributed by atoms with Crippen molar-refractivity contribution >= 4 is 5.91 Å². The Balaban J connectivity index is 1.62. The second-order valence-corrected chi connectivity index (χ2v) is 6.31. The fourth-order valence-electron chi connectivity index (χ4n) is 3.09. The Labute approximate surface area is 140 Å². The lowest BCUT2D eigenvalue weighted by atomic mass is 9.94. The van der Waals surface area contributed by atoms with Gasteiger partial charge in [-0.05, 0) is 57.0 Å². The number of piperidine rings is 1. The Morgan fingerprint density at radius 1 is 1.42 bits per heavy atom. The molecule has 1 amide bonds. The van der Waals surface area contributed by atoms with Gasteiger partial charge < -0.3 is 9.64 Å². The number of nitrogens with zero attached hydrogens (tertiary/aromatic N) is 2. The fraction of sp³-hybridized carbons (Fsp3) is 0.444. The van der Waals surface area contributed by atoms with Gasteiger partial charge >= 0.3 is 0 Å². The van der Waals surface area contributed by atoms with Crippen LogP contribution in [0.4, 0.5) is 4.39 Å². The Morgan fingerprint density at radius 2 is 2.17 bits per heavy atom. The van der Waals surface area contributed by atoms with E-state index in [4.69, 9.17) is 4.74 Å². The van der Waals surface area contributed by atoms with Crippen LogP contribution in [0.2, 0.25) is 0 Å². The van der Waals surface area contributed by atoms with Gasteiger partial charge in [0.2, 0.25) is 0 Å². The van der Waals surface area contributed by atoms with Crippen molar-refractivity contribution < 1.29 is 13.9 Å². The molecule has 0 aliphatic carbocycles. The maximum absolute atomic E-state index is 12.9. The minimum atomic E-state index is -0.602. The first-order chi connectivity index (χ1) is 11.5. The molecule has 5 nitrogen and oxygen atoms in total. The van der Waals surface area contributed by atoms with Crippen LogP contribution in [0.3, 0.4) is 0 Å². The number of hydrogen-bond donors (Lipinski definition) is 1. The summed E-state index contributed by atoms with van der Waals surface area (Å²) in [5, 5.41) is 7.29. The van der Waals surface area contributed by atoms with Gasteiger partial charge in [0.15, 0.2) is 6.10 Å². The fourth-order valence-corrected chi connectivity index (χ4v) is 3.09. The van der Waals surface area contributed by atoms with Crippen LogP contribution >= 0.6 is 0 Å². The molecule has 0 spiro atoms. The standard InChI is InChI=1S/C18H22FN3O2/c1-12-10-17(21-20-12)14-4-3-9-22(11-14)18(23)13(2)24-16-7-5-15(19)6-8-16/h5-8,10,13-14H,3-4,9,11H2,1-2H3,(H,20,21)/t13-,14-/m0/s1. The largest absolute Gasteiger partial charge is 0.481 e. The molecular weight excluding hydrogens is 309 g/mol. The third-order valence-corrected chi connectivity index (χ3v) is 4.35. The predicted molar refractivity (Wildman–Crippen MR) is 88.4 cm³/mol. The number of hydrogen-bond acceptors (Lipinski definition) is 3. The number of aromatic nitrogens is 2. The molecule has 24 heavy (non-hydrogen) atoms. The average molecular weight is 331 g/mol. The smallest absolute Gasteiger partial charge is 0.263 e. The number of ether oxygens (including phenoxy) is 1. The van der Waals surface area contributed by atoms with E-state index in [0.717, 1.165) is 30.8 Å². The van der Waals surface area contributed by atoms with E-state index < -0.39 is 6.10 Å². The van der Waals surface area contributed by atoms with Crippen LogP contribution in [-0.2, 0) is 4.79 Å². The van der Waals surface area contributed by atoms with Crippen LogP contribution in [0.5, 0.6) is 5.75 Å². The van der Waals surface area contributed by atoms with Crippen molar-refractivity contribution in [1.82, 2.24) is 15.1 Å². The van der Waals surface area contributed by atoms with Crippen LogP contribution in [0, 0.1) is 12.7 Å². The SMILES string of the molecule is Cc1cc([C@H]2CCCN(C(=O)[C@H](C)Oc3ccc(F)cc3)C2)n[nH]1. The minimum absolute atomic E-state index is 0.0451. The van der Waals surface area contributed by atoms with Crippen LogP contribution in [0.25, 0.3) is 0 Å². The third kappa shape index (κ3) is 3.75. The molecule has 2 heterocycles. The molecule has 1 saturated heterocycles. The zero-order valence-electron chi connectivity index (χ0n) is 14.0. The maximum Gasteiger partial charge on any atom is 0.263 e. The number of aryl methyl sites for hydroxylation is 1. The second kappa shape index (κ2) is 7.03. The monoisotopic (exact) mass is 331 g/mol. The van der Waals surface area contributed by atoms with E-state index >= 15 is 0 Å². The zero-order valence-corrected chi connectivity index (χ0v) is 14.0. The molecule has 1 aromatic heterocycles. The normalized spacial score (nSPS) is 19.1.